The van der Waals surface area contributed by atoms with E-state index in [-0.39, 0.29) is 10.4 Å². The zero-order valence-electron chi connectivity index (χ0n) is 20.2. The smallest absolute Gasteiger partial charge is 0.287 e. The van der Waals surface area contributed by atoms with Crippen molar-refractivity contribution in [1.29, 1.82) is 0 Å². The molecule has 1 N–H and O–H groups in total. The predicted molar refractivity (Wildman–Crippen MR) is 148 cm³/mol. The number of nitrogens with one attached hydrogen (secondary N) is 1. The van der Waals surface area contributed by atoms with Gasteiger partial charge in [0.1, 0.15) is 22.8 Å². The van der Waals surface area contributed by atoms with E-state index in [4.69, 9.17) is 21.1 Å². The lowest BCUT2D eigenvalue weighted by Gasteiger charge is -2.22. The lowest BCUT2D eigenvalue weighted by Crippen LogP contribution is -2.39. The molecule has 0 saturated carbocycles. The van der Waals surface area contributed by atoms with Gasteiger partial charge in [0, 0.05) is 22.4 Å². The largest absolute Gasteiger partial charge is 0.493 e. The number of amides is 1. The molecule has 1 aliphatic rings. The number of rotatable bonds is 11. The zero-order valence-corrected chi connectivity index (χ0v) is 22.6. The first-order chi connectivity index (χ1) is 17.4. The summed E-state index contributed by atoms with van der Waals surface area (Å²) in [6.07, 6.45) is 2.78. The van der Waals surface area contributed by atoms with Crippen LogP contribution in [0.2, 0.25) is 5.02 Å². The summed E-state index contributed by atoms with van der Waals surface area (Å²) in [6.45, 7) is 4.44. The summed E-state index contributed by atoms with van der Waals surface area (Å²) in [5.74, 6) is 3.33. The summed E-state index contributed by atoms with van der Waals surface area (Å²) in [6, 6.07) is 21.2. The second kappa shape index (κ2) is 12.1. The van der Waals surface area contributed by atoms with E-state index in [0.29, 0.717) is 29.0 Å². The number of ether oxygens (including phenoxy) is 2. The second-order valence-electron chi connectivity index (χ2n) is 8.56. The van der Waals surface area contributed by atoms with E-state index < -0.39 is 5.54 Å². The molecule has 8 heteroatoms. The van der Waals surface area contributed by atoms with Crippen molar-refractivity contribution in [2.24, 2.45) is 0 Å². The molecule has 0 aliphatic carbocycles. The summed E-state index contributed by atoms with van der Waals surface area (Å²) in [7, 11) is 0. The number of halogens is 1. The standard InChI is InChI=1S/C28H28ClNO4S2/c1-3-8-19-17-22(34-21-9-5-4-6-10-21)12-13-24(19)33-15-7-16-35-25-14-11-20(18-23(25)29)28(2)26(31)36-27(32)30-28/h4-6,9-14,17-18H,3,7-8,15-16H2,1-2H3,(H,30,32). The van der Waals surface area contributed by atoms with Gasteiger partial charge in [-0.05, 0) is 73.4 Å². The average Bonchev–Trinajstić information content (AvgIpc) is 3.13. The molecule has 5 nitrogen and oxygen atoms in total. The molecule has 3 aromatic carbocycles. The lowest BCUT2D eigenvalue weighted by molar-refractivity contribution is -0.115. The molecule has 0 aromatic heterocycles. The number of hydrogen-bond donors (Lipinski definition) is 1. The van der Waals surface area contributed by atoms with Crippen molar-refractivity contribution in [3.8, 4) is 17.2 Å². The maximum Gasteiger partial charge on any atom is 0.287 e. The maximum absolute atomic E-state index is 12.2. The Hall–Kier alpha value is -2.61. The number of benzene rings is 3. The quantitative estimate of drug-likeness (QED) is 0.197. The third-order valence-electron chi connectivity index (χ3n) is 5.79. The molecule has 36 heavy (non-hydrogen) atoms. The van der Waals surface area contributed by atoms with Gasteiger partial charge in [0.25, 0.3) is 5.24 Å². The van der Waals surface area contributed by atoms with Gasteiger partial charge in [-0.25, -0.2) is 0 Å². The van der Waals surface area contributed by atoms with E-state index in [1.54, 1.807) is 24.8 Å². The van der Waals surface area contributed by atoms with Crippen molar-refractivity contribution in [2.75, 3.05) is 12.4 Å². The van der Waals surface area contributed by atoms with Crippen LogP contribution < -0.4 is 14.8 Å². The number of carbonyl (C=O) groups is 2. The fraction of sp³-hybridized carbons (Fsp3) is 0.286. The Morgan fingerprint density at radius 1 is 1.03 bits per heavy atom. The highest BCUT2D eigenvalue weighted by Crippen LogP contribution is 2.37. The molecule has 0 bridgehead atoms. The highest BCUT2D eigenvalue weighted by molar-refractivity contribution is 8.26. The third-order valence-corrected chi connectivity index (χ3v) is 8.25. The van der Waals surface area contributed by atoms with Crippen molar-refractivity contribution in [3.63, 3.8) is 0 Å². The SMILES string of the molecule is CCCc1cc(Oc2ccccc2)ccc1OCCCSc1ccc(C2(C)NC(=O)SC2=O)cc1Cl. The highest BCUT2D eigenvalue weighted by Gasteiger charge is 2.44. The molecule has 0 radical (unpaired) electrons. The van der Waals surface area contributed by atoms with Crippen molar-refractivity contribution >= 4 is 45.5 Å². The van der Waals surface area contributed by atoms with Crippen LogP contribution in [0, 0.1) is 0 Å². The predicted octanol–water partition coefficient (Wildman–Crippen LogP) is 7.84. The van der Waals surface area contributed by atoms with Crippen LogP contribution in [0.5, 0.6) is 17.2 Å². The Morgan fingerprint density at radius 3 is 2.53 bits per heavy atom. The van der Waals surface area contributed by atoms with E-state index in [1.807, 2.05) is 54.6 Å². The first kappa shape index (κ1) is 26.5. The molecule has 1 saturated heterocycles. The van der Waals surface area contributed by atoms with Gasteiger partial charge < -0.3 is 14.8 Å². The fourth-order valence-electron chi connectivity index (χ4n) is 3.86. The molecule has 1 atom stereocenters. The van der Waals surface area contributed by atoms with E-state index >= 15 is 0 Å². The molecule has 188 valence electrons. The Kier molecular flexibility index (Phi) is 8.88. The fourth-order valence-corrected chi connectivity index (χ4v) is 5.84. The van der Waals surface area contributed by atoms with Crippen molar-refractivity contribution in [1.82, 2.24) is 5.32 Å². The third kappa shape index (κ3) is 6.38. The van der Waals surface area contributed by atoms with Crippen LogP contribution in [-0.2, 0) is 16.8 Å². The number of carbonyl (C=O) groups excluding carboxylic acids is 2. The first-order valence-electron chi connectivity index (χ1n) is 11.8. The molecule has 1 heterocycles. The van der Waals surface area contributed by atoms with E-state index in [1.165, 1.54) is 0 Å². The monoisotopic (exact) mass is 541 g/mol. The second-order valence-corrected chi connectivity index (χ2v) is 11.0. The molecular formula is C28H28ClNO4S2. The van der Waals surface area contributed by atoms with E-state index in [2.05, 4.69) is 18.3 Å². The van der Waals surface area contributed by atoms with Gasteiger partial charge in [-0.3, -0.25) is 9.59 Å². The molecule has 4 rings (SSSR count). The minimum atomic E-state index is -1.04. The first-order valence-corrected chi connectivity index (χ1v) is 14.0. The van der Waals surface area contributed by atoms with Crippen molar-refractivity contribution in [2.45, 2.75) is 43.5 Å². The van der Waals surface area contributed by atoms with Gasteiger partial charge >= 0.3 is 0 Å². The van der Waals surface area contributed by atoms with Crippen LogP contribution in [0.25, 0.3) is 0 Å². The Morgan fingerprint density at radius 2 is 1.83 bits per heavy atom. The topological polar surface area (TPSA) is 64.6 Å². The normalized spacial score (nSPS) is 17.2. The van der Waals surface area contributed by atoms with Crippen LogP contribution in [0.3, 0.4) is 0 Å². The number of para-hydroxylation sites is 1. The van der Waals surface area contributed by atoms with Gasteiger partial charge in [0.15, 0.2) is 0 Å². The van der Waals surface area contributed by atoms with Gasteiger partial charge in [-0.15, -0.1) is 11.8 Å². The molecule has 0 spiro atoms. The highest BCUT2D eigenvalue weighted by atomic mass is 35.5. The van der Waals surface area contributed by atoms with Gasteiger partial charge in [-0.2, -0.15) is 0 Å². The molecule has 1 unspecified atom stereocenters. The van der Waals surface area contributed by atoms with Crippen molar-refractivity contribution < 1.29 is 19.1 Å². The molecule has 1 fully saturated rings. The summed E-state index contributed by atoms with van der Waals surface area (Å²) >= 11 is 8.84. The maximum atomic E-state index is 12.2. The summed E-state index contributed by atoms with van der Waals surface area (Å²) in [5, 5.41) is 2.74. The summed E-state index contributed by atoms with van der Waals surface area (Å²) in [4.78, 5) is 24.8. The number of hydrogen-bond acceptors (Lipinski definition) is 6. The van der Waals surface area contributed by atoms with Gasteiger partial charge in [0.05, 0.1) is 11.6 Å². The Bertz CT molecular complexity index is 1240. The van der Waals surface area contributed by atoms with Gasteiger partial charge in [-0.1, -0.05) is 49.2 Å². The van der Waals surface area contributed by atoms with Crippen LogP contribution >= 0.6 is 35.1 Å². The lowest BCUT2D eigenvalue weighted by atomic mass is 9.94. The van der Waals surface area contributed by atoms with Crippen LogP contribution in [0.15, 0.2) is 71.6 Å². The number of thioether (sulfide) groups is 2. The van der Waals surface area contributed by atoms with Crippen molar-refractivity contribution in [3.05, 3.63) is 82.9 Å². The average molecular weight is 542 g/mol. The zero-order chi connectivity index (χ0) is 25.5. The number of aryl methyl sites for hydroxylation is 1. The van der Waals surface area contributed by atoms with Crippen LogP contribution in [-0.4, -0.2) is 22.7 Å². The Labute approximate surface area is 225 Å². The van der Waals surface area contributed by atoms with Crippen LogP contribution in [0.4, 0.5) is 4.79 Å². The van der Waals surface area contributed by atoms with Crippen LogP contribution in [0.1, 0.15) is 37.8 Å². The minimum absolute atomic E-state index is 0.219. The molecule has 1 amide bonds. The Balaban J connectivity index is 1.29. The van der Waals surface area contributed by atoms with E-state index in [9.17, 15) is 9.59 Å². The van der Waals surface area contributed by atoms with E-state index in [0.717, 1.165) is 52.7 Å². The molecule has 1 aliphatic heterocycles. The summed E-state index contributed by atoms with van der Waals surface area (Å²) < 4.78 is 12.1. The minimum Gasteiger partial charge on any atom is -0.493 e. The summed E-state index contributed by atoms with van der Waals surface area (Å²) in [5.41, 5.74) is 0.782. The van der Waals surface area contributed by atoms with Gasteiger partial charge in [0.2, 0.25) is 5.12 Å². The molecule has 3 aromatic rings. The molecular weight excluding hydrogens is 514 g/mol.